The third-order valence-electron chi connectivity index (χ3n) is 2.68. The predicted molar refractivity (Wildman–Crippen MR) is 70.3 cm³/mol. The Balaban J connectivity index is 2.36. The fourth-order valence-corrected chi connectivity index (χ4v) is 1.96. The molecule has 0 aliphatic heterocycles. The first-order valence-electron chi connectivity index (χ1n) is 5.37. The minimum atomic E-state index is -0.831. The number of rotatable bonds is 3. The Morgan fingerprint density at radius 1 is 1.33 bits per heavy atom. The van der Waals surface area contributed by atoms with Crippen LogP contribution in [0.2, 0.25) is 0 Å². The average Bonchev–Trinajstić information content (AvgIpc) is 2.78. The number of nitriles is 1. The zero-order valence-electron chi connectivity index (χ0n) is 9.68. The molecule has 0 saturated heterocycles. The molecule has 18 heavy (non-hydrogen) atoms. The molecule has 0 bridgehead atoms. The van der Waals surface area contributed by atoms with E-state index < -0.39 is 5.92 Å². The van der Waals surface area contributed by atoms with Crippen molar-refractivity contribution in [1.82, 2.24) is 0 Å². The highest BCUT2D eigenvalue weighted by Gasteiger charge is 2.25. The molecule has 3 nitrogen and oxygen atoms in total. The molecule has 90 valence electrons. The Morgan fingerprint density at radius 2 is 2.00 bits per heavy atom. The van der Waals surface area contributed by atoms with Crippen LogP contribution in [-0.2, 0) is 0 Å². The van der Waals surface area contributed by atoms with Gasteiger partial charge in [0.05, 0.1) is 12.3 Å². The number of halogens is 1. The number of carbonyl (C=O) groups is 1. The molecular weight excluding hydrogens is 294 g/mol. The Hall–Kier alpha value is -1.86. The molecule has 1 aromatic heterocycles. The van der Waals surface area contributed by atoms with E-state index in [9.17, 15) is 10.1 Å². The summed E-state index contributed by atoms with van der Waals surface area (Å²) in [4.78, 5) is 12.2. The van der Waals surface area contributed by atoms with Gasteiger partial charge in [-0.15, -0.1) is 0 Å². The monoisotopic (exact) mass is 303 g/mol. The number of hydrogen-bond acceptors (Lipinski definition) is 3. The molecule has 0 aliphatic rings. The molecule has 0 fully saturated rings. The third kappa shape index (κ3) is 2.36. The number of ketones is 1. The van der Waals surface area contributed by atoms with E-state index in [-0.39, 0.29) is 11.5 Å². The van der Waals surface area contributed by atoms with Crippen LogP contribution in [0.1, 0.15) is 27.6 Å². The molecule has 0 radical (unpaired) electrons. The summed E-state index contributed by atoms with van der Waals surface area (Å²) in [5.74, 6) is -0.880. The van der Waals surface area contributed by atoms with E-state index in [1.165, 1.54) is 6.26 Å². The Morgan fingerprint density at radius 3 is 2.50 bits per heavy atom. The Labute approximate surface area is 113 Å². The molecule has 0 saturated carbocycles. The van der Waals surface area contributed by atoms with Gasteiger partial charge in [0.25, 0.3) is 0 Å². The number of nitrogens with zero attached hydrogens (tertiary/aromatic N) is 1. The van der Waals surface area contributed by atoms with E-state index in [1.807, 2.05) is 18.2 Å². The van der Waals surface area contributed by atoms with Crippen molar-refractivity contribution in [2.75, 3.05) is 0 Å². The quantitative estimate of drug-likeness (QED) is 0.810. The van der Waals surface area contributed by atoms with Crippen molar-refractivity contribution < 1.29 is 9.21 Å². The van der Waals surface area contributed by atoms with E-state index in [2.05, 4.69) is 15.9 Å². The van der Waals surface area contributed by atoms with Gasteiger partial charge in [-0.05, 0) is 36.2 Å². The maximum Gasteiger partial charge on any atom is 0.219 e. The van der Waals surface area contributed by atoms with Crippen LogP contribution in [0.25, 0.3) is 0 Å². The molecule has 0 amide bonds. The number of benzene rings is 1. The van der Waals surface area contributed by atoms with E-state index >= 15 is 0 Å². The van der Waals surface area contributed by atoms with Crippen LogP contribution in [0.5, 0.6) is 0 Å². The summed E-state index contributed by atoms with van der Waals surface area (Å²) in [5.41, 5.74) is 1.42. The second kappa shape index (κ2) is 5.19. The summed E-state index contributed by atoms with van der Waals surface area (Å²) >= 11 is 3.32. The standard InChI is InChI=1S/C14H10BrNO2/c1-9-6-7-18-14(9)13(17)12(8-16)10-2-4-11(15)5-3-10/h2-7,12H,1H3. The summed E-state index contributed by atoms with van der Waals surface area (Å²) in [5, 5.41) is 9.18. The van der Waals surface area contributed by atoms with Crippen LogP contribution in [-0.4, -0.2) is 5.78 Å². The number of furan rings is 1. The van der Waals surface area contributed by atoms with Gasteiger partial charge in [0.2, 0.25) is 5.78 Å². The fourth-order valence-electron chi connectivity index (χ4n) is 1.70. The van der Waals surface area contributed by atoms with Crippen molar-refractivity contribution >= 4 is 21.7 Å². The van der Waals surface area contributed by atoms with E-state index in [4.69, 9.17) is 4.42 Å². The lowest BCUT2D eigenvalue weighted by atomic mass is 9.94. The van der Waals surface area contributed by atoms with Gasteiger partial charge >= 0.3 is 0 Å². The summed E-state index contributed by atoms with van der Waals surface area (Å²) in [6, 6.07) is 10.9. The molecular formula is C14H10BrNO2. The number of Topliss-reactive ketones (excluding diaryl/α,β-unsaturated/α-hetero) is 1. The van der Waals surface area contributed by atoms with E-state index in [1.54, 1.807) is 25.1 Å². The Bertz CT molecular complexity index is 607. The molecule has 0 spiro atoms. The van der Waals surface area contributed by atoms with Gasteiger partial charge in [0.1, 0.15) is 5.92 Å². The molecule has 4 heteroatoms. The van der Waals surface area contributed by atoms with Crippen molar-refractivity contribution in [2.45, 2.75) is 12.8 Å². The van der Waals surface area contributed by atoms with E-state index in [0.717, 1.165) is 10.0 Å². The van der Waals surface area contributed by atoms with Crippen LogP contribution in [0.3, 0.4) is 0 Å². The van der Waals surface area contributed by atoms with Gasteiger partial charge in [-0.1, -0.05) is 28.1 Å². The molecule has 0 aliphatic carbocycles. The second-order valence-corrected chi connectivity index (χ2v) is 4.83. The van der Waals surface area contributed by atoms with Gasteiger partial charge in [-0.3, -0.25) is 4.79 Å². The lowest BCUT2D eigenvalue weighted by Gasteiger charge is -2.07. The molecule has 0 N–H and O–H groups in total. The van der Waals surface area contributed by atoms with E-state index in [0.29, 0.717) is 5.56 Å². The topological polar surface area (TPSA) is 54.0 Å². The number of aryl methyl sites for hydroxylation is 1. The zero-order chi connectivity index (χ0) is 13.1. The summed E-state index contributed by atoms with van der Waals surface area (Å²) in [6.07, 6.45) is 1.46. The highest BCUT2D eigenvalue weighted by atomic mass is 79.9. The lowest BCUT2D eigenvalue weighted by Crippen LogP contribution is -2.11. The van der Waals surface area contributed by atoms with Gasteiger partial charge < -0.3 is 4.42 Å². The smallest absolute Gasteiger partial charge is 0.219 e. The minimum absolute atomic E-state index is 0.254. The van der Waals surface area contributed by atoms with Crippen LogP contribution in [0, 0.1) is 18.3 Å². The number of carbonyl (C=O) groups excluding carboxylic acids is 1. The summed E-state index contributed by atoms with van der Waals surface area (Å²) in [6.45, 7) is 1.78. The zero-order valence-corrected chi connectivity index (χ0v) is 11.3. The highest BCUT2D eigenvalue weighted by molar-refractivity contribution is 9.10. The second-order valence-electron chi connectivity index (χ2n) is 3.91. The summed E-state index contributed by atoms with van der Waals surface area (Å²) in [7, 11) is 0. The van der Waals surface area contributed by atoms with Crippen molar-refractivity contribution in [1.29, 1.82) is 5.26 Å². The minimum Gasteiger partial charge on any atom is -0.461 e. The maximum atomic E-state index is 12.2. The van der Waals surface area contributed by atoms with Crippen LogP contribution < -0.4 is 0 Å². The summed E-state index contributed by atoms with van der Waals surface area (Å²) < 4.78 is 6.05. The molecule has 2 aromatic rings. The average molecular weight is 304 g/mol. The van der Waals surface area contributed by atoms with Crippen LogP contribution >= 0.6 is 15.9 Å². The number of hydrogen-bond donors (Lipinski definition) is 0. The van der Waals surface area contributed by atoms with Crippen molar-refractivity contribution in [3.05, 3.63) is 58.0 Å². The normalized spacial score (nSPS) is 11.8. The van der Waals surface area contributed by atoms with Crippen LogP contribution in [0.15, 0.2) is 45.5 Å². The van der Waals surface area contributed by atoms with Crippen LogP contribution in [0.4, 0.5) is 0 Å². The first-order valence-corrected chi connectivity index (χ1v) is 6.16. The molecule has 1 aromatic carbocycles. The molecule has 1 unspecified atom stereocenters. The van der Waals surface area contributed by atoms with Gasteiger partial charge in [-0.2, -0.15) is 5.26 Å². The lowest BCUT2D eigenvalue weighted by molar-refractivity contribution is 0.0951. The fraction of sp³-hybridized carbons (Fsp3) is 0.143. The molecule has 1 heterocycles. The first kappa shape index (κ1) is 12.6. The first-order chi connectivity index (χ1) is 8.63. The van der Waals surface area contributed by atoms with Crippen molar-refractivity contribution in [2.24, 2.45) is 0 Å². The molecule has 1 atom stereocenters. The molecule has 2 rings (SSSR count). The highest BCUT2D eigenvalue weighted by Crippen LogP contribution is 2.24. The maximum absolute atomic E-state index is 12.2. The van der Waals surface area contributed by atoms with Gasteiger partial charge in [-0.25, -0.2) is 0 Å². The largest absolute Gasteiger partial charge is 0.461 e. The van der Waals surface area contributed by atoms with Gasteiger partial charge in [0.15, 0.2) is 5.76 Å². The SMILES string of the molecule is Cc1ccoc1C(=O)C(C#N)c1ccc(Br)cc1. The van der Waals surface area contributed by atoms with Crippen molar-refractivity contribution in [3.63, 3.8) is 0 Å². The third-order valence-corrected chi connectivity index (χ3v) is 3.21. The van der Waals surface area contributed by atoms with Crippen molar-refractivity contribution in [3.8, 4) is 6.07 Å². The van der Waals surface area contributed by atoms with Gasteiger partial charge in [0, 0.05) is 4.47 Å². The predicted octanol–water partition coefficient (Wildman–Crippen LogP) is 3.84. The Kier molecular flexibility index (Phi) is 3.63.